The van der Waals surface area contributed by atoms with Gasteiger partial charge in [-0.2, -0.15) is 0 Å². The maximum absolute atomic E-state index is 6.30. The molecule has 0 aliphatic rings. The van der Waals surface area contributed by atoms with E-state index in [1.165, 1.54) is 5.56 Å². The van der Waals surface area contributed by atoms with Gasteiger partial charge in [0.15, 0.2) is 0 Å². The third kappa shape index (κ3) is 3.37. The van der Waals surface area contributed by atoms with Gasteiger partial charge in [-0.1, -0.05) is 24.6 Å². The Labute approximate surface area is 132 Å². The molecular formula is C17H24ClN3. The Morgan fingerprint density at radius 1 is 1.29 bits per heavy atom. The Bertz CT molecular complexity index is 598. The molecular weight excluding hydrogens is 282 g/mol. The van der Waals surface area contributed by atoms with Crippen molar-refractivity contribution < 1.29 is 0 Å². The van der Waals surface area contributed by atoms with E-state index in [9.17, 15) is 0 Å². The van der Waals surface area contributed by atoms with Crippen LogP contribution in [0.3, 0.4) is 0 Å². The van der Waals surface area contributed by atoms with Crippen LogP contribution >= 0.6 is 11.6 Å². The molecule has 1 atom stereocenters. The van der Waals surface area contributed by atoms with Crippen LogP contribution in [0.2, 0.25) is 5.02 Å². The average molecular weight is 306 g/mol. The largest absolute Gasteiger partial charge is 0.329 e. The lowest BCUT2D eigenvalue weighted by molar-refractivity contribution is 0.158. The summed E-state index contributed by atoms with van der Waals surface area (Å²) in [4.78, 5) is 6.99. The number of pyridine rings is 1. The second-order valence-corrected chi connectivity index (χ2v) is 6.03. The van der Waals surface area contributed by atoms with Gasteiger partial charge in [-0.25, -0.2) is 0 Å². The number of aromatic nitrogens is 1. The monoisotopic (exact) mass is 305 g/mol. The number of hydrogen-bond donors (Lipinski definition) is 1. The van der Waals surface area contributed by atoms with E-state index in [4.69, 9.17) is 17.3 Å². The number of rotatable bonds is 6. The zero-order valence-corrected chi connectivity index (χ0v) is 13.8. The van der Waals surface area contributed by atoms with E-state index in [-0.39, 0.29) is 6.04 Å². The van der Waals surface area contributed by atoms with Crippen LogP contribution in [0.5, 0.6) is 0 Å². The second-order valence-electron chi connectivity index (χ2n) is 5.62. The number of halogens is 1. The minimum Gasteiger partial charge on any atom is -0.329 e. The molecule has 4 heteroatoms. The average Bonchev–Trinajstić information content (AvgIpc) is 2.49. The van der Waals surface area contributed by atoms with Gasteiger partial charge in [-0.3, -0.25) is 9.88 Å². The Kier molecular flexibility index (Phi) is 5.57. The molecule has 1 aromatic carbocycles. The summed E-state index contributed by atoms with van der Waals surface area (Å²) in [6, 6.07) is 8.56. The van der Waals surface area contributed by atoms with E-state index in [2.05, 4.69) is 36.7 Å². The molecule has 1 unspecified atom stereocenters. The summed E-state index contributed by atoms with van der Waals surface area (Å²) in [6.45, 7) is 8.22. The minimum atomic E-state index is 0.166. The summed E-state index contributed by atoms with van der Waals surface area (Å²) < 4.78 is 0. The van der Waals surface area contributed by atoms with Gasteiger partial charge in [0.2, 0.25) is 0 Å². The van der Waals surface area contributed by atoms with Gasteiger partial charge in [0, 0.05) is 35.2 Å². The first kappa shape index (κ1) is 16.2. The van der Waals surface area contributed by atoms with Gasteiger partial charge in [0.25, 0.3) is 0 Å². The van der Waals surface area contributed by atoms with Crippen molar-refractivity contribution in [3.63, 3.8) is 0 Å². The van der Waals surface area contributed by atoms with Gasteiger partial charge >= 0.3 is 0 Å². The molecule has 0 aliphatic carbocycles. The van der Waals surface area contributed by atoms with E-state index in [0.29, 0.717) is 12.6 Å². The maximum atomic E-state index is 6.30. The van der Waals surface area contributed by atoms with Crippen LogP contribution in [-0.2, 0) is 0 Å². The number of benzene rings is 1. The van der Waals surface area contributed by atoms with Crippen molar-refractivity contribution >= 4 is 22.5 Å². The fourth-order valence-electron chi connectivity index (χ4n) is 2.90. The molecule has 2 N–H and O–H groups in total. The fourth-order valence-corrected chi connectivity index (χ4v) is 3.12. The molecule has 1 heterocycles. The first-order chi connectivity index (χ1) is 10.1. The summed E-state index contributed by atoms with van der Waals surface area (Å²) in [5.74, 6) is 0. The number of fused-ring (bicyclic) bond motifs is 1. The highest BCUT2D eigenvalue weighted by Gasteiger charge is 2.23. The smallest absolute Gasteiger partial charge is 0.0765 e. The van der Waals surface area contributed by atoms with E-state index in [1.807, 2.05) is 24.4 Å². The number of hydrogen-bond acceptors (Lipinski definition) is 3. The van der Waals surface area contributed by atoms with Crippen molar-refractivity contribution in [3.05, 3.63) is 41.0 Å². The number of nitrogens with zero attached hydrogens (tertiary/aromatic N) is 2. The molecule has 0 amide bonds. The van der Waals surface area contributed by atoms with Gasteiger partial charge in [0.05, 0.1) is 5.52 Å². The SMILES string of the molecule is CCCN(C(C)C)C(CN)c1ccc(Cl)c2cccnc12. The van der Waals surface area contributed by atoms with Gasteiger partial charge < -0.3 is 5.73 Å². The Morgan fingerprint density at radius 2 is 2.05 bits per heavy atom. The Hall–Kier alpha value is -1.16. The quantitative estimate of drug-likeness (QED) is 0.877. The normalized spacial score (nSPS) is 13.3. The first-order valence-corrected chi connectivity index (χ1v) is 7.96. The van der Waals surface area contributed by atoms with E-state index < -0.39 is 0 Å². The lowest BCUT2D eigenvalue weighted by Crippen LogP contribution is -2.39. The molecule has 0 aliphatic heterocycles. The van der Waals surface area contributed by atoms with Gasteiger partial charge in [-0.15, -0.1) is 0 Å². The molecule has 0 radical (unpaired) electrons. The molecule has 3 nitrogen and oxygen atoms in total. The van der Waals surface area contributed by atoms with Gasteiger partial charge in [0.1, 0.15) is 0 Å². The summed E-state index contributed by atoms with van der Waals surface area (Å²) >= 11 is 6.30. The lowest BCUT2D eigenvalue weighted by atomic mass is 10.00. The fraction of sp³-hybridized carbons (Fsp3) is 0.471. The molecule has 21 heavy (non-hydrogen) atoms. The van der Waals surface area contributed by atoms with Crippen LogP contribution < -0.4 is 5.73 Å². The van der Waals surface area contributed by atoms with Gasteiger partial charge in [-0.05, 0) is 50.6 Å². The summed E-state index contributed by atoms with van der Waals surface area (Å²) in [6.07, 6.45) is 2.92. The lowest BCUT2D eigenvalue weighted by Gasteiger charge is -2.34. The van der Waals surface area contributed by atoms with Crippen molar-refractivity contribution in [2.75, 3.05) is 13.1 Å². The van der Waals surface area contributed by atoms with Crippen molar-refractivity contribution in [1.29, 1.82) is 0 Å². The van der Waals surface area contributed by atoms with Crippen LogP contribution in [0, 0.1) is 0 Å². The van der Waals surface area contributed by atoms with E-state index >= 15 is 0 Å². The predicted octanol–water partition coefficient (Wildman–Crippen LogP) is 4.01. The first-order valence-electron chi connectivity index (χ1n) is 7.59. The molecule has 1 aromatic heterocycles. The Morgan fingerprint density at radius 3 is 2.67 bits per heavy atom. The molecule has 114 valence electrons. The second kappa shape index (κ2) is 7.21. The van der Waals surface area contributed by atoms with E-state index in [0.717, 1.165) is 28.9 Å². The maximum Gasteiger partial charge on any atom is 0.0765 e. The molecule has 0 bridgehead atoms. The highest BCUT2D eigenvalue weighted by molar-refractivity contribution is 6.35. The van der Waals surface area contributed by atoms with Crippen molar-refractivity contribution in [2.24, 2.45) is 5.73 Å². The van der Waals surface area contributed by atoms with Crippen LogP contribution in [0.25, 0.3) is 10.9 Å². The summed E-state index contributed by atoms with van der Waals surface area (Å²) in [5, 5.41) is 1.74. The molecule has 0 saturated heterocycles. The third-order valence-corrected chi connectivity index (χ3v) is 4.20. The molecule has 0 fully saturated rings. The zero-order chi connectivity index (χ0) is 15.4. The molecule has 2 aromatic rings. The molecule has 0 saturated carbocycles. The Balaban J connectivity index is 2.54. The molecule has 0 spiro atoms. The number of nitrogens with two attached hydrogens (primary N) is 1. The van der Waals surface area contributed by atoms with Crippen molar-refractivity contribution in [2.45, 2.75) is 39.3 Å². The highest BCUT2D eigenvalue weighted by atomic mass is 35.5. The predicted molar refractivity (Wildman–Crippen MR) is 90.7 cm³/mol. The highest BCUT2D eigenvalue weighted by Crippen LogP contribution is 2.31. The summed E-state index contributed by atoms with van der Waals surface area (Å²) in [5.41, 5.74) is 8.23. The van der Waals surface area contributed by atoms with Crippen molar-refractivity contribution in [3.8, 4) is 0 Å². The topological polar surface area (TPSA) is 42.1 Å². The summed E-state index contributed by atoms with van der Waals surface area (Å²) in [7, 11) is 0. The van der Waals surface area contributed by atoms with E-state index in [1.54, 1.807) is 0 Å². The molecule has 2 rings (SSSR count). The third-order valence-electron chi connectivity index (χ3n) is 3.88. The minimum absolute atomic E-state index is 0.166. The van der Waals surface area contributed by atoms with Crippen LogP contribution in [0.15, 0.2) is 30.5 Å². The zero-order valence-electron chi connectivity index (χ0n) is 13.0. The van der Waals surface area contributed by atoms with Crippen LogP contribution in [0.1, 0.15) is 38.8 Å². The standard InChI is InChI=1S/C17H24ClN3/c1-4-10-21(12(2)3)16(11-19)14-7-8-15(18)13-6-5-9-20-17(13)14/h5-9,12,16H,4,10-11,19H2,1-3H3. The van der Waals surface area contributed by atoms with Crippen LogP contribution in [0.4, 0.5) is 0 Å². The van der Waals surface area contributed by atoms with Crippen molar-refractivity contribution in [1.82, 2.24) is 9.88 Å². The van der Waals surface area contributed by atoms with Crippen LogP contribution in [-0.4, -0.2) is 29.0 Å².